The summed E-state index contributed by atoms with van der Waals surface area (Å²) in [6.07, 6.45) is 5.43. The molecule has 3 aromatic rings. The summed E-state index contributed by atoms with van der Waals surface area (Å²) in [5, 5.41) is 0. The van der Waals surface area contributed by atoms with Crippen LogP contribution in [-0.2, 0) is 9.89 Å². The normalized spacial score (nSPS) is 18.1. The van der Waals surface area contributed by atoms with E-state index in [4.69, 9.17) is 0 Å². The number of hydrogen-bond donors (Lipinski definition) is 1. The van der Waals surface area contributed by atoms with Crippen LogP contribution in [0, 0.1) is 11.6 Å². The van der Waals surface area contributed by atoms with Gasteiger partial charge in [0.05, 0.1) is 17.9 Å². The highest BCUT2D eigenvalue weighted by Gasteiger charge is 2.29. The lowest BCUT2D eigenvalue weighted by Gasteiger charge is -2.27. The van der Waals surface area contributed by atoms with E-state index in [9.17, 15) is 17.8 Å². The standard InChI is InChI=1S/C23H27F2N5O2S/c1-4-11-28(2)33(3,32)27-23(31)21-14-26-22-10-8-17(15-30(21)22)29-12-5-6-20(29)18-13-16(24)7-9-19(18)25/h7-10,13-15,20H,3-6,11-12H2,1-2H3,(H,27,31,32). The summed E-state index contributed by atoms with van der Waals surface area (Å²) in [5.41, 5.74) is 1.81. The van der Waals surface area contributed by atoms with Gasteiger partial charge in [0.15, 0.2) is 0 Å². The SMILES string of the molecule is C=S(=O)(NC(=O)c1cnc2ccc(N3CCCC3c3cc(F)ccc3F)cn12)N(C)CCC. The molecule has 2 unspecified atom stereocenters. The van der Waals surface area contributed by atoms with Gasteiger partial charge in [-0.1, -0.05) is 6.92 Å². The van der Waals surface area contributed by atoms with Gasteiger partial charge >= 0.3 is 0 Å². The molecular formula is C23H27F2N5O2S. The number of carbonyl (C=O) groups is 1. The first-order valence-electron chi connectivity index (χ1n) is 10.8. The van der Waals surface area contributed by atoms with E-state index in [-0.39, 0.29) is 11.7 Å². The van der Waals surface area contributed by atoms with Crippen LogP contribution in [-0.4, -0.2) is 49.8 Å². The van der Waals surface area contributed by atoms with Gasteiger partial charge in [0.25, 0.3) is 5.91 Å². The maximum absolute atomic E-state index is 14.5. The first-order valence-corrected chi connectivity index (χ1v) is 12.5. The Labute approximate surface area is 192 Å². The second kappa shape index (κ2) is 9.11. The molecule has 1 amide bonds. The summed E-state index contributed by atoms with van der Waals surface area (Å²) in [6, 6.07) is 6.78. The third kappa shape index (κ3) is 4.58. The average Bonchev–Trinajstić information content (AvgIpc) is 3.42. The summed E-state index contributed by atoms with van der Waals surface area (Å²) >= 11 is 0. The molecule has 2 aromatic heterocycles. The Kier molecular flexibility index (Phi) is 6.40. The second-order valence-electron chi connectivity index (χ2n) is 8.20. The quantitative estimate of drug-likeness (QED) is 0.531. The minimum atomic E-state index is -2.99. The predicted octanol–water partition coefficient (Wildman–Crippen LogP) is 3.57. The van der Waals surface area contributed by atoms with Crippen molar-refractivity contribution in [2.75, 3.05) is 25.0 Å². The van der Waals surface area contributed by atoms with Crippen LogP contribution >= 0.6 is 0 Å². The molecule has 33 heavy (non-hydrogen) atoms. The number of aromatic nitrogens is 2. The second-order valence-corrected chi connectivity index (χ2v) is 10.3. The molecule has 3 heterocycles. The predicted molar refractivity (Wildman–Crippen MR) is 127 cm³/mol. The highest BCUT2D eigenvalue weighted by atomic mass is 32.2. The van der Waals surface area contributed by atoms with Crippen molar-refractivity contribution in [3.05, 3.63) is 65.6 Å². The Bertz CT molecular complexity index is 1290. The molecule has 4 rings (SSSR count). The van der Waals surface area contributed by atoms with Gasteiger partial charge in [0.2, 0.25) is 0 Å². The molecular weight excluding hydrogens is 448 g/mol. The van der Waals surface area contributed by atoms with E-state index in [1.807, 2.05) is 17.9 Å². The third-order valence-electron chi connectivity index (χ3n) is 5.92. The number of imidazole rings is 1. The number of fused-ring (bicyclic) bond motifs is 1. The number of amides is 1. The van der Waals surface area contributed by atoms with E-state index in [2.05, 4.69) is 15.6 Å². The lowest BCUT2D eigenvalue weighted by molar-refractivity contribution is 0.0975. The van der Waals surface area contributed by atoms with Crippen molar-refractivity contribution in [1.82, 2.24) is 18.4 Å². The number of benzene rings is 1. The van der Waals surface area contributed by atoms with Gasteiger partial charge in [-0.25, -0.2) is 22.3 Å². The molecule has 7 nitrogen and oxygen atoms in total. The van der Waals surface area contributed by atoms with Crippen molar-refractivity contribution in [3.8, 4) is 0 Å². The van der Waals surface area contributed by atoms with Crippen molar-refractivity contribution >= 4 is 33.0 Å². The zero-order valence-electron chi connectivity index (χ0n) is 18.6. The molecule has 1 aromatic carbocycles. The number of halogens is 2. The minimum absolute atomic E-state index is 0.209. The molecule has 0 saturated carbocycles. The molecule has 1 fully saturated rings. The molecule has 1 saturated heterocycles. The summed E-state index contributed by atoms with van der Waals surface area (Å²) in [7, 11) is -1.35. The number of pyridine rings is 1. The topological polar surface area (TPSA) is 70.0 Å². The maximum atomic E-state index is 14.5. The molecule has 1 aliphatic rings. The van der Waals surface area contributed by atoms with Crippen LogP contribution in [0.4, 0.5) is 14.5 Å². The number of carbonyl (C=O) groups excluding carboxylic acids is 1. The van der Waals surface area contributed by atoms with Crippen molar-refractivity contribution in [3.63, 3.8) is 0 Å². The lowest BCUT2D eigenvalue weighted by Crippen LogP contribution is -2.42. The Hall–Kier alpha value is -2.98. The first kappa shape index (κ1) is 23.2. The molecule has 10 heteroatoms. The molecule has 1 N–H and O–H groups in total. The van der Waals surface area contributed by atoms with Gasteiger partial charge in [-0.05, 0) is 55.5 Å². The highest BCUT2D eigenvalue weighted by molar-refractivity contribution is 7.96. The zero-order valence-corrected chi connectivity index (χ0v) is 19.4. The zero-order chi connectivity index (χ0) is 23.8. The maximum Gasteiger partial charge on any atom is 0.282 e. The van der Waals surface area contributed by atoms with Crippen molar-refractivity contribution in [1.29, 1.82) is 0 Å². The average molecular weight is 476 g/mol. The Balaban J connectivity index is 1.65. The van der Waals surface area contributed by atoms with Gasteiger partial charge in [-0.15, -0.1) is 0 Å². The van der Waals surface area contributed by atoms with Gasteiger partial charge in [-0.3, -0.25) is 13.9 Å². The van der Waals surface area contributed by atoms with Crippen LogP contribution in [0.2, 0.25) is 0 Å². The molecule has 2 atom stereocenters. The van der Waals surface area contributed by atoms with Crippen LogP contribution < -0.4 is 9.62 Å². The van der Waals surface area contributed by atoms with Gasteiger partial charge in [-0.2, -0.15) is 0 Å². The van der Waals surface area contributed by atoms with Crippen molar-refractivity contribution < 1.29 is 17.8 Å². The van der Waals surface area contributed by atoms with Crippen LogP contribution in [0.5, 0.6) is 0 Å². The van der Waals surface area contributed by atoms with Gasteiger partial charge in [0.1, 0.15) is 32.9 Å². The largest absolute Gasteiger partial charge is 0.363 e. The summed E-state index contributed by atoms with van der Waals surface area (Å²) in [5.74, 6) is 2.19. The number of hydrogen-bond acceptors (Lipinski definition) is 4. The highest BCUT2D eigenvalue weighted by Crippen LogP contribution is 2.37. The number of nitrogens with zero attached hydrogens (tertiary/aromatic N) is 4. The smallest absolute Gasteiger partial charge is 0.282 e. The molecule has 176 valence electrons. The fourth-order valence-electron chi connectivity index (χ4n) is 4.21. The van der Waals surface area contributed by atoms with E-state index < -0.39 is 27.4 Å². The Morgan fingerprint density at radius 1 is 1.33 bits per heavy atom. The monoisotopic (exact) mass is 475 g/mol. The number of anilines is 1. The van der Waals surface area contributed by atoms with Gasteiger partial charge in [0, 0.05) is 31.9 Å². The van der Waals surface area contributed by atoms with Gasteiger partial charge < -0.3 is 4.90 Å². The van der Waals surface area contributed by atoms with E-state index in [0.717, 1.165) is 30.7 Å². The molecule has 1 aliphatic heterocycles. The third-order valence-corrected chi connectivity index (χ3v) is 7.61. The Morgan fingerprint density at radius 2 is 2.12 bits per heavy atom. The van der Waals surface area contributed by atoms with Crippen LogP contribution in [0.15, 0.2) is 42.7 Å². The summed E-state index contributed by atoms with van der Waals surface area (Å²) < 4.78 is 46.7. The fourth-order valence-corrected chi connectivity index (χ4v) is 5.24. The van der Waals surface area contributed by atoms with E-state index in [1.54, 1.807) is 23.7 Å². The van der Waals surface area contributed by atoms with E-state index in [0.29, 0.717) is 30.7 Å². The van der Waals surface area contributed by atoms with Crippen LogP contribution in [0.1, 0.15) is 48.3 Å². The van der Waals surface area contributed by atoms with Crippen LogP contribution in [0.3, 0.4) is 0 Å². The number of nitrogens with one attached hydrogen (secondary N) is 1. The lowest BCUT2D eigenvalue weighted by atomic mass is 10.0. The van der Waals surface area contributed by atoms with Crippen molar-refractivity contribution in [2.24, 2.45) is 0 Å². The minimum Gasteiger partial charge on any atom is -0.363 e. The van der Waals surface area contributed by atoms with Crippen LogP contribution in [0.25, 0.3) is 5.65 Å². The summed E-state index contributed by atoms with van der Waals surface area (Å²) in [4.78, 5) is 19.2. The van der Waals surface area contributed by atoms with Crippen molar-refractivity contribution in [2.45, 2.75) is 32.2 Å². The molecule has 0 radical (unpaired) electrons. The first-order chi connectivity index (χ1) is 15.7. The summed E-state index contributed by atoms with van der Waals surface area (Å²) in [6.45, 7) is 3.13. The molecule has 0 bridgehead atoms. The van der Waals surface area contributed by atoms with E-state index >= 15 is 0 Å². The molecule has 0 spiro atoms. The Morgan fingerprint density at radius 3 is 2.88 bits per heavy atom. The fraction of sp³-hybridized carbons (Fsp3) is 0.348. The number of rotatable bonds is 7. The molecule has 0 aliphatic carbocycles. The van der Waals surface area contributed by atoms with E-state index in [1.165, 1.54) is 16.6 Å².